The summed E-state index contributed by atoms with van der Waals surface area (Å²) in [6, 6.07) is 101. The van der Waals surface area contributed by atoms with Crippen molar-refractivity contribution in [2.75, 3.05) is 0 Å². The SMILES string of the molecule is c1ccc(-n2c3ccccc3c3cc(-c4ccc5c(c4)c4ccccc4n5-c4ccc(-c5nc(-n6c7ccccc7c7cc(-c8ccc9c(c8)c8ccccc8n9-c8ccccc8)ccc76)nc6ccccc56)cc4)ccc32)cc1. The van der Waals surface area contributed by atoms with Crippen LogP contribution in [0.15, 0.2) is 279 Å². The minimum absolute atomic E-state index is 0.635. The molecule has 17 rings (SSSR count). The molecule has 80 heavy (non-hydrogen) atoms. The first-order valence-electron chi connectivity index (χ1n) is 27.3. The van der Waals surface area contributed by atoms with E-state index in [1.165, 1.54) is 71.1 Å². The van der Waals surface area contributed by atoms with Crippen molar-refractivity contribution >= 4 is 98.1 Å². The third kappa shape index (κ3) is 6.66. The van der Waals surface area contributed by atoms with Crippen molar-refractivity contribution in [3.63, 3.8) is 0 Å². The molecule has 0 aliphatic heterocycles. The third-order valence-electron chi connectivity index (χ3n) is 16.6. The van der Waals surface area contributed by atoms with Crippen molar-refractivity contribution in [3.05, 3.63) is 279 Å². The third-order valence-corrected chi connectivity index (χ3v) is 16.6. The van der Waals surface area contributed by atoms with Crippen molar-refractivity contribution < 1.29 is 0 Å². The summed E-state index contributed by atoms with van der Waals surface area (Å²) >= 11 is 0. The standard InChI is InChI=1S/C74H46N6/c1-3-17-52(18-4-1)77-65-27-13-8-21-55(65)60-43-48(33-39-69(60)77)49-35-41-71-62(45-49)57-23-10-15-29-67(57)79(71)54-37-31-47(32-38-54)73-59-25-7-12-26-64(59)75-74(76-73)80-68-30-16-11-24-58(68)63-46-51(36-42-72(63)80)50-34-40-70-61(44-50)56-22-9-14-28-66(56)78(70)53-19-5-2-6-20-53/h1-46H. The van der Waals surface area contributed by atoms with Crippen LogP contribution in [0.1, 0.15) is 0 Å². The number of rotatable bonds is 7. The molecule has 0 spiro atoms. The molecule has 0 N–H and O–H groups in total. The van der Waals surface area contributed by atoms with E-state index in [1.807, 2.05) is 0 Å². The number of aromatic nitrogens is 6. The summed E-state index contributed by atoms with van der Waals surface area (Å²) in [6.45, 7) is 0. The molecule has 5 aromatic heterocycles. The van der Waals surface area contributed by atoms with Crippen LogP contribution < -0.4 is 0 Å². The maximum atomic E-state index is 5.51. The van der Waals surface area contributed by atoms with E-state index < -0.39 is 0 Å². The summed E-state index contributed by atoms with van der Waals surface area (Å²) in [5, 5.41) is 10.7. The zero-order chi connectivity index (χ0) is 52.4. The van der Waals surface area contributed by atoms with E-state index in [0.717, 1.165) is 77.6 Å². The second kappa shape index (κ2) is 17.3. The number of fused-ring (bicyclic) bond motifs is 13. The van der Waals surface area contributed by atoms with E-state index >= 15 is 0 Å². The Kier molecular flexibility index (Phi) is 9.61. The Morgan fingerprint density at radius 3 is 0.912 bits per heavy atom. The summed E-state index contributed by atoms with van der Waals surface area (Å²) in [6.07, 6.45) is 0. The molecular formula is C74H46N6. The molecular weight excluding hydrogens is 973 g/mol. The number of hydrogen-bond donors (Lipinski definition) is 0. The van der Waals surface area contributed by atoms with Crippen LogP contribution in [-0.4, -0.2) is 28.2 Å². The maximum absolute atomic E-state index is 5.51. The number of benzene rings is 12. The van der Waals surface area contributed by atoms with Crippen molar-refractivity contribution in [1.29, 1.82) is 0 Å². The van der Waals surface area contributed by atoms with Crippen molar-refractivity contribution in [1.82, 2.24) is 28.2 Å². The summed E-state index contributed by atoms with van der Waals surface area (Å²) in [7, 11) is 0. The van der Waals surface area contributed by atoms with Gasteiger partial charge in [0.05, 0.1) is 55.3 Å². The molecule has 5 heterocycles. The van der Waals surface area contributed by atoms with Crippen molar-refractivity contribution in [3.8, 4) is 56.5 Å². The quantitative estimate of drug-likeness (QED) is 0.160. The lowest BCUT2D eigenvalue weighted by atomic mass is 10.0. The fraction of sp³-hybridized carbons (Fsp3) is 0. The van der Waals surface area contributed by atoms with Crippen LogP contribution in [0.3, 0.4) is 0 Å². The van der Waals surface area contributed by atoms with E-state index in [9.17, 15) is 0 Å². The van der Waals surface area contributed by atoms with E-state index in [-0.39, 0.29) is 0 Å². The van der Waals surface area contributed by atoms with E-state index in [0.29, 0.717) is 5.95 Å². The largest absolute Gasteiger partial charge is 0.309 e. The maximum Gasteiger partial charge on any atom is 0.235 e. The second-order valence-corrected chi connectivity index (χ2v) is 20.9. The lowest BCUT2D eigenvalue weighted by molar-refractivity contribution is 1.01. The molecule has 0 radical (unpaired) electrons. The highest BCUT2D eigenvalue weighted by molar-refractivity contribution is 6.15. The van der Waals surface area contributed by atoms with E-state index in [4.69, 9.17) is 9.97 Å². The van der Waals surface area contributed by atoms with Gasteiger partial charge in [0.15, 0.2) is 0 Å². The van der Waals surface area contributed by atoms with E-state index in [1.54, 1.807) is 0 Å². The van der Waals surface area contributed by atoms with Gasteiger partial charge in [-0.3, -0.25) is 4.57 Å². The fourth-order valence-electron chi connectivity index (χ4n) is 13.0. The zero-order valence-electron chi connectivity index (χ0n) is 43.2. The van der Waals surface area contributed by atoms with Gasteiger partial charge >= 0.3 is 0 Å². The number of nitrogens with zero attached hydrogens (tertiary/aromatic N) is 6. The first-order chi connectivity index (χ1) is 39.7. The van der Waals surface area contributed by atoms with Gasteiger partial charge < -0.3 is 13.7 Å². The van der Waals surface area contributed by atoms with E-state index in [2.05, 4.69) is 297 Å². The minimum Gasteiger partial charge on any atom is -0.309 e. The Labute approximate surface area is 459 Å². The Morgan fingerprint density at radius 2 is 0.500 bits per heavy atom. The summed E-state index contributed by atoms with van der Waals surface area (Å²) < 4.78 is 9.37. The van der Waals surface area contributed by atoms with Gasteiger partial charge in [0.1, 0.15) is 0 Å². The van der Waals surface area contributed by atoms with Crippen LogP contribution in [0.25, 0.3) is 155 Å². The van der Waals surface area contributed by atoms with Gasteiger partial charge in [0, 0.05) is 71.1 Å². The van der Waals surface area contributed by atoms with Gasteiger partial charge in [0.2, 0.25) is 5.95 Å². The van der Waals surface area contributed by atoms with Crippen molar-refractivity contribution in [2.24, 2.45) is 0 Å². The van der Waals surface area contributed by atoms with Crippen LogP contribution in [0.4, 0.5) is 0 Å². The molecule has 0 unspecified atom stereocenters. The summed E-state index contributed by atoms with van der Waals surface area (Å²) in [5.41, 5.74) is 20.1. The molecule has 6 heteroatoms. The molecule has 0 saturated carbocycles. The van der Waals surface area contributed by atoms with Crippen LogP contribution in [0, 0.1) is 0 Å². The Bertz CT molecular complexity index is 5350. The van der Waals surface area contributed by atoms with Crippen molar-refractivity contribution in [2.45, 2.75) is 0 Å². The molecule has 0 bridgehead atoms. The summed E-state index contributed by atoms with van der Waals surface area (Å²) in [4.78, 5) is 10.8. The topological polar surface area (TPSA) is 45.5 Å². The minimum atomic E-state index is 0.635. The molecule has 372 valence electrons. The molecule has 0 aliphatic rings. The molecule has 0 atom stereocenters. The van der Waals surface area contributed by atoms with Crippen LogP contribution in [0.5, 0.6) is 0 Å². The highest BCUT2D eigenvalue weighted by Crippen LogP contribution is 2.42. The smallest absolute Gasteiger partial charge is 0.235 e. The Balaban J connectivity index is 0.755. The normalized spacial score (nSPS) is 12.0. The van der Waals surface area contributed by atoms with Crippen LogP contribution >= 0.6 is 0 Å². The number of hydrogen-bond acceptors (Lipinski definition) is 2. The average Bonchev–Trinajstić information content (AvgIpc) is 4.46. The lowest BCUT2D eigenvalue weighted by Gasteiger charge is -2.13. The molecule has 0 saturated heterocycles. The average molecular weight is 1020 g/mol. The van der Waals surface area contributed by atoms with Crippen LogP contribution in [-0.2, 0) is 0 Å². The van der Waals surface area contributed by atoms with Gasteiger partial charge in [-0.1, -0.05) is 164 Å². The van der Waals surface area contributed by atoms with Gasteiger partial charge in [-0.05, 0) is 138 Å². The molecule has 12 aromatic carbocycles. The monoisotopic (exact) mass is 1020 g/mol. The molecule has 0 aliphatic carbocycles. The van der Waals surface area contributed by atoms with Gasteiger partial charge in [-0.2, -0.15) is 0 Å². The second-order valence-electron chi connectivity index (χ2n) is 20.9. The highest BCUT2D eigenvalue weighted by atomic mass is 15.2. The predicted octanol–water partition coefficient (Wildman–Crippen LogP) is 19.0. The Hall–Kier alpha value is -10.8. The first kappa shape index (κ1) is 44.3. The highest BCUT2D eigenvalue weighted by Gasteiger charge is 2.21. The molecule has 17 aromatic rings. The Morgan fingerprint density at radius 1 is 0.200 bits per heavy atom. The lowest BCUT2D eigenvalue weighted by Crippen LogP contribution is -2.03. The van der Waals surface area contributed by atoms with Gasteiger partial charge in [-0.25, -0.2) is 9.97 Å². The molecule has 6 nitrogen and oxygen atoms in total. The molecule has 0 amide bonds. The summed E-state index contributed by atoms with van der Waals surface area (Å²) in [5.74, 6) is 0.635. The van der Waals surface area contributed by atoms with Gasteiger partial charge in [-0.15, -0.1) is 0 Å². The van der Waals surface area contributed by atoms with Gasteiger partial charge in [0.25, 0.3) is 0 Å². The predicted molar refractivity (Wildman–Crippen MR) is 333 cm³/mol. The zero-order valence-corrected chi connectivity index (χ0v) is 43.2. The van der Waals surface area contributed by atoms with Crippen LogP contribution in [0.2, 0.25) is 0 Å². The molecule has 0 fully saturated rings. The fourth-order valence-corrected chi connectivity index (χ4v) is 13.0. The number of para-hydroxylation sites is 7. The first-order valence-corrected chi connectivity index (χ1v) is 27.3.